The zero-order valence-electron chi connectivity index (χ0n) is 8.27. The predicted molar refractivity (Wildman–Crippen MR) is 51.2 cm³/mol. The highest BCUT2D eigenvalue weighted by Crippen LogP contribution is 2.61. The van der Waals surface area contributed by atoms with Crippen molar-refractivity contribution in [3.63, 3.8) is 0 Å². The summed E-state index contributed by atoms with van der Waals surface area (Å²) < 4.78 is 12.5. The standard InChI is InChI=1S/C12H19F/c13-2-1-12-6-9-3-10(7-12)5-11(4-9)8-12/h9-11H,1-8H2. The Bertz CT molecular complexity index is 174. The van der Waals surface area contributed by atoms with Crippen molar-refractivity contribution in [3.05, 3.63) is 0 Å². The third-order valence-electron chi connectivity index (χ3n) is 4.79. The Labute approximate surface area is 79.9 Å². The molecule has 0 spiro atoms. The van der Waals surface area contributed by atoms with E-state index in [2.05, 4.69) is 0 Å². The predicted octanol–water partition coefficient (Wildman–Crippen LogP) is 3.56. The molecule has 4 aliphatic carbocycles. The van der Waals surface area contributed by atoms with E-state index in [1.54, 1.807) is 0 Å². The Morgan fingerprint density at radius 3 is 1.77 bits per heavy atom. The lowest BCUT2D eigenvalue weighted by Crippen LogP contribution is -2.46. The molecule has 0 nitrogen and oxygen atoms in total. The van der Waals surface area contributed by atoms with Crippen LogP contribution in [0, 0.1) is 23.2 Å². The Hall–Kier alpha value is -0.0700. The van der Waals surface area contributed by atoms with Crippen molar-refractivity contribution in [1.29, 1.82) is 0 Å². The largest absolute Gasteiger partial charge is 0.251 e. The Morgan fingerprint density at radius 2 is 1.38 bits per heavy atom. The van der Waals surface area contributed by atoms with Crippen LogP contribution in [0.5, 0.6) is 0 Å². The first-order chi connectivity index (χ1) is 6.30. The summed E-state index contributed by atoms with van der Waals surface area (Å²) in [6.45, 7) is -0.0772. The van der Waals surface area contributed by atoms with E-state index >= 15 is 0 Å². The maximum Gasteiger partial charge on any atom is 0.0899 e. The third kappa shape index (κ3) is 1.23. The monoisotopic (exact) mass is 182 g/mol. The van der Waals surface area contributed by atoms with Crippen LogP contribution in [-0.4, -0.2) is 6.67 Å². The lowest BCUT2D eigenvalue weighted by molar-refractivity contribution is -0.0597. The molecule has 0 aromatic carbocycles. The smallest absolute Gasteiger partial charge is 0.0899 e. The second-order valence-corrected chi connectivity index (χ2v) is 5.86. The van der Waals surface area contributed by atoms with Gasteiger partial charge in [-0.3, -0.25) is 4.39 Å². The second kappa shape index (κ2) is 2.71. The molecule has 0 aromatic heterocycles. The lowest BCUT2D eigenvalue weighted by atomic mass is 9.49. The Kier molecular flexibility index (Phi) is 1.72. The fraction of sp³-hybridized carbons (Fsp3) is 1.00. The Balaban J connectivity index is 1.83. The van der Waals surface area contributed by atoms with Crippen LogP contribution in [0.3, 0.4) is 0 Å². The molecule has 0 atom stereocenters. The van der Waals surface area contributed by atoms with Crippen LogP contribution in [0.2, 0.25) is 0 Å². The van der Waals surface area contributed by atoms with Gasteiger partial charge in [0.2, 0.25) is 0 Å². The molecule has 0 saturated heterocycles. The van der Waals surface area contributed by atoms with E-state index in [-0.39, 0.29) is 6.67 Å². The molecule has 4 saturated carbocycles. The molecule has 0 heterocycles. The van der Waals surface area contributed by atoms with E-state index in [0.717, 1.165) is 24.2 Å². The first-order valence-corrected chi connectivity index (χ1v) is 5.86. The van der Waals surface area contributed by atoms with Crippen LogP contribution in [0.25, 0.3) is 0 Å². The van der Waals surface area contributed by atoms with Crippen LogP contribution in [0.1, 0.15) is 44.9 Å². The van der Waals surface area contributed by atoms with Gasteiger partial charge in [0.1, 0.15) is 0 Å². The molecule has 0 N–H and O–H groups in total. The highest BCUT2D eigenvalue weighted by atomic mass is 19.1. The summed E-state index contributed by atoms with van der Waals surface area (Å²) in [6, 6.07) is 0. The summed E-state index contributed by atoms with van der Waals surface area (Å²) >= 11 is 0. The molecule has 0 amide bonds. The van der Waals surface area contributed by atoms with E-state index in [4.69, 9.17) is 0 Å². The lowest BCUT2D eigenvalue weighted by Gasteiger charge is -2.56. The van der Waals surface area contributed by atoms with Crippen molar-refractivity contribution in [2.75, 3.05) is 6.67 Å². The molecule has 74 valence electrons. The quantitative estimate of drug-likeness (QED) is 0.612. The van der Waals surface area contributed by atoms with Crippen LogP contribution in [0.4, 0.5) is 4.39 Å². The third-order valence-corrected chi connectivity index (χ3v) is 4.79. The maximum absolute atomic E-state index is 12.5. The van der Waals surface area contributed by atoms with E-state index in [1.807, 2.05) is 0 Å². The topological polar surface area (TPSA) is 0 Å². The fourth-order valence-electron chi connectivity index (χ4n) is 4.80. The molecular formula is C12H19F. The van der Waals surface area contributed by atoms with Crippen molar-refractivity contribution in [2.45, 2.75) is 44.9 Å². The molecule has 1 heteroatoms. The molecule has 0 radical (unpaired) electrons. The SMILES string of the molecule is FCCC12CC3CC(CC(C3)C1)C2. The van der Waals surface area contributed by atoms with Gasteiger partial charge in [0, 0.05) is 0 Å². The molecule has 4 fully saturated rings. The molecule has 4 rings (SSSR count). The molecule has 13 heavy (non-hydrogen) atoms. The summed E-state index contributed by atoms with van der Waals surface area (Å²) in [6.07, 6.45) is 9.40. The van der Waals surface area contributed by atoms with Crippen molar-refractivity contribution in [2.24, 2.45) is 23.2 Å². The minimum absolute atomic E-state index is 0.0772. The van der Waals surface area contributed by atoms with E-state index < -0.39 is 0 Å². The Morgan fingerprint density at radius 1 is 0.923 bits per heavy atom. The fourth-order valence-corrected chi connectivity index (χ4v) is 4.80. The number of alkyl halides is 1. The van der Waals surface area contributed by atoms with Gasteiger partial charge in [-0.2, -0.15) is 0 Å². The van der Waals surface area contributed by atoms with Gasteiger partial charge < -0.3 is 0 Å². The summed E-state index contributed by atoms with van der Waals surface area (Å²) in [5.41, 5.74) is 0.476. The second-order valence-electron chi connectivity index (χ2n) is 5.86. The maximum atomic E-state index is 12.5. The average molecular weight is 182 g/mol. The first kappa shape index (κ1) is 8.26. The molecule has 0 aromatic rings. The number of rotatable bonds is 2. The molecule has 0 aliphatic heterocycles. The van der Waals surface area contributed by atoms with E-state index in [9.17, 15) is 4.39 Å². The zero-order chi connectivity index (χ0) is 8.89. The van der Waals surface area contributed by atoms with Gasteiger partial charge in [0.25, 0.3) is 0 Å². The van der Waals surface area contributed by atoms with Crippen LogP contribution >= 0.6 is 0 Å². The molecule has 4 aliphatic rings. The number of hydrogen-bond donors (Lipinski definition) is 0. The van der Waals surface area contributed by atoms with E-state index in [0.29, 0.717) is 5.41 Å². The van der Waals surface area contributed by atoms with Crippen molar-refractivity contribution < 1.29 is 4.39 Å². The van der Waals surface area contributed by atoms with Gasteiger partial charge in [-0.15, -0.1) is 0 Å². The molecular weight excluding hydrogens is 163 g/mol. The highest BCUT2D eigenvalue weighted by molar-refractivity contribution is 5.01. The van der Waals surface area contributed by atoms with Gasteiger partial charge in [-0.25, -0.2) is 0 Å². The van der Waals surface area contributed by atoms with Gasteiger partial charge in [-0.05, 0) is 68.1 Å². The molecule has 0 unspecified atom stereocenters. The van der Waals surface area contributed by atoms with Crippen LogP contribution in [0.15, 0.2) is 0 Å². The van der Waals surface area contributed by atoms with Crippen LogP contribution < -0.4 is 0 Å². The van der Waals surface area contributed by atoms with E-state index in [1.165, 1.54) is 38.5 Å². The summed E-state index contributed by atoms with van der Waals surface area (Å²) in [5, 5.41) is 0. The van der Waals surface area contributed by atoms with Gasteiger partial charge >= 0.3 is 0 Å². The minimum atomic E-state index is -0.0772. The zero-order valence-corrected chi connectivity index (χ0v) is 8.27. The minimum Gasteiger partial charge on any atom is -0.251 e. The summed E-state index contributed by atoms with van der Waals surface area (Å²) in [7, 11) is 0. The van der Waals surface area contributed by atoms with Crippen molar-refractivity contribution in [3.8, 4) is 0 Å². The summed E-state index contributed by atoms with van der Waals surface area (Å²) in [4.78, 5) is 0. The van der Waals surface area contributed by atoms with Gasteiger partial charge in [0.15, 0.2) is 0 Å². The average Bonchev–Trinajstić information content (AvgIpc) is 2.00. The summed E-state index contributed by atoms with van der Waals surface area (Å²) in [5.74, 6) is 2.95. The van der Waals surface area contributed by atoms with Crippen molar-refractivity contribution >= 4 is 0 Å². The normalized spacial score (nSPS) is 52.8. The van der Waals surface area contributed by atoms with Crippen molar-refractivity contribution in [1.82, 2.24) is 0 Å². The number of hydrogen-bond acceptors (Lipinski definition) is 0. The van der Waals surface area contributed by atoms with Crippen LogP contribution in [-0.2, 0) is 0 Å². The van der Waals surface area contributed by atoms with Gasteiger partial charge in [0.05, 0.1) is 6.67 Å². The first-order valence-electron chi connectivity index (χ1n) is 5.86. The highest BCUT2D eigenvalue weighted by Gasteiger charge is 2.50. The number of halogens is 1. The van der Waals surface area contributed by atoms with Gasteiger partial charge in [-0.1, -0.05) is 0 Å². The molecule has 4 bridgehead atoms.